The van der Waals surface area contributed by atoms with Crippen LogP contribution in [-0.4, -0.2) is 11.1 Å². The van der Waals surface area contributed by atoms with Gasteiger partial charge in [0.25, 0.3) is 0 Å². The molecule has 2 aromatic rings. The molecule has 6 heteroatoms. The second-order valence-corrected chi connectivity index (χ2v) is 5.35. The van der Waals surface area contributed by atoms with Crippen LogP contribution in [-0.2, 0) is 17.8 Å². The summed E-state index contributed by atoms with van der Waals surface area (Å²) in [5.74, 6) is -1.35. The number of nitrogens with one attached hydrogen (secondary N) is 1. The Bertz CT molecular complexity index is 676. The average molecular weight is 290 g/mol. The Morgan fingerprint density at radius 2 is 2.10 bits per heavy atom. The highest BCUT2D eigenvalue weighted by atomic mass is 32.1. The van der Waals surface area contributed by atoms with Crippen LogP contribution in [0.4, 0.5) is 10.1 Å². The number of thiophene rings is 1. The topological polar surface area (TPSA) is 73.1 Å². The van der Waals surface area contributed by atoms with E-state index in [9.17, 15) is 9.18 Å². The molecule has 0 fully saturated rings. The fraction of sp³-hybridized carbons (Fsp3) is 0.143. The van der Waals surface area contributed by atoms with E-state index in [0.717, 1.165) is 9.75 Å². The van der Waals surface area contributed by atoms with Gasteiger partial charge in [-0.3, -0.25) is 4.79 Å². The highest BCUT2D eigenvalue weighted by molar-refractivity contribution is 7.12. The molecule has 2 N–H and O–H groups in total. The molecule has 0 bridgehead atoms. The molecule has 0 aliphatic rings. The number of carboxylic acid groups (broad SMARTS) is 1. The predicted octanol–water partition coefficient (Wildman–Crippen LogP) is 3.00. The number of benzene rings is 1. The minimum Gasteiger partial charge on any atom is -0.481 e. The fourth-order valence-electron chi connectivity index (χ4n) is 1.67. The number of hydrogen-bond donors (Lipinski definition) is 2. The van der Waals surface area contributed by atoms with Gasteiger partial charge >= 0.3 is 5.97 Å². The maximum atomic E-state index is 13.6. The molecule has 20 heavy (non-hydrogen) atoms. The number of nitrogens with zero attached hydrogens (tertiary/aromatic N) is 1. The van der Waals surface area contributed by atoms with Crippen molar-refractivity contribution in [3.8, 4) is 6.07 Å². The number of halogens is 1. The van der Waals surface area contributed by atoms with E-state index < -0.39 is 11.8 Å². The molecule has 0 saturated carbocycles. The molecular formula is C14H11FN2O2S. The first kappa shape index (κ1) is 14.0. The number of nitriles is 1. The lowest BCUT2D eigenvalue weighted by Crippen LogP contribution is -2.00. The molecule has 1 aromatic carbocycles. The Kier molecular flexibility index (Phi) is 4.33. The van der Waals surface area contributed by atoms with Gasteiger partial charge in [-0.1, -0.05) is 0 Å². The van der Waals surface area contributed by atoms with Crippen molar-refractivity contribution in [1.82, 2.24) is 0 Å². The summed E-state index contributed by atoms with van der Waals surface area (Å²) in [4.78, 5) is 12.3. The summed E-state index contributed by atoms with van der Waals surface area (Å²) in [6.07, 6.45) is -0.00407. The Morgan fingerprint density at radius 3 is 2.75 bits per heavy atom. The van der Waals surface area contributed by atoms with E-state index in [2.05, 4.69) is 5.32 Å². The van der Waals surface area contributed by atoms with Crippen LogP contribution >= 0.6 is 11.3 Å². The summed E-state index contributed by atoms with van der Waals surface area (Å²) >= 11 is 1.38. The van der Waals surface area contributed by atoms with Crippen LogP contribution in [0, 0.1) is 17.1 Å². The number of anilines is 1. The minimum absolute atomic E-state index is 0.00407. The first-order valence-corrected chi connectivity index (χ1v) is 6.63. The molecule has 0 saturated heterocycles. The summed E-state index contributed by atoms with van der Waals surface area (Å²) in [6, 6.07) is 9.67. The lowest BCUT2D eigenvalue weighted by molar-refractivity contribution is -0.136. The highest BCUT2D eigenvalue weighted by Gasteiger charge is 2.06. The van der Waals surface area contributed by atoms with Gasteiger partial charge in [0.2, 0.25) is 0 Å². The van der Waals surface area contributed by atoms with Crippen LogP contribution in [0.2, 0.25) is 0 Å². The van der Waals surface area contributed by atoms with Gasteiger partial charge in [0.05, 0.1) is 23.7 Å². The predicted molar refractivity (Wildman–Crippen MR) is 74.1 cm³/mol. The number of aliphatic carboxylic acids is 1. The minimum atomic E-state index is -0.871. The number of hydrogen-bond acceptors (Lipinski definition) is 4. The Hall–Kier alpha value is -2.39. The molecule has 1 heterocycles. The molecule has 0 radical (unpaired) electrons. The Labute approximate surface area is 119 Å². The van der Waals surface area contributed by atoms with Crippen molar-refractivity contribution in [3.63, 3.8) is 0 Å². The van der Waals surface area contributed by atoms with E-state index in [-0.39, 0.29) is 12.0 Å². The normalized spacial score (nSPS) is 10.0. The van der Waals surface area contributed by atoms with Crippen LogP contribution in [0.3, 0.4) is 0 Å². The van der Waals surface area contributed by atoms with Crippen LogP contribution < -0.4 is 5.32 Å². The van der Waals surface area contributed by atoms with Crippen LogP contribution in [0.15, 0.2) is 30.3 Å². The molecule has 0 amide bonds. The Balaban J connectivity index is 2.00. The first-order chi connectivity index (χ1) is 9.58. The van der Waals surface area contributed by atoms with E-state index in [4.69, 9.17) is 10.4 Å². The van der Waals surface area contributed by atoms with Gasteiger partial charge in [0.15, 0.2) is 0 Å². The van der Waals surface area contributed by atoms with Crippen LogP contribution in [0.25, 0.3) is 0 Å². The summed E-state index contributed by atoms with van der Waals surface area (Å²) < 4.78 is 13.6. The van der Waals surface area contributed by atoms with Crippen molar-refractivity contribution in [1.29, 1.82) is 5.26 Å². The maximum Gasteiger partial charge on any atom is 0.308 e. The first-order valence-electron chi connectivity index (χ1n) is 5.81. The molecule has 0 atom stereocenters. The summed E-state index contributed by atoms with van der Waals surface area (Å²) in [6.45, 7) is 0.410. The van der Waals surface area contributed by atoms with Crippen molar-refractivity contribution in [2.75, 3.05) is 5.32 Å². The standard InChI is InChI=1S/C14H11FN2O2S/c15-12-5-9(7-16)1-4-13(12)17-8-11-3-2-10(20-11)6-14(18)19/h1-5,17H,6,8H2,(H,18,19). The van der Waals surface area contributed by atoms with E-state index in [1.54, 1.807) is 6.07 Å². The molecule has 2 rings (SSSR count). The van der Waals surface area contributed by atoms with Crippen LogP contribution in [0.1, 0.15) is 15.3 Å². The van der Waals surface area contributed by atoms with Crippen molar-refractivity contribution in [2.45, 2.75) is 13.0 Å². The Morgan fingerprint density at radius 1 is 1.35 bits per heavy atom. The lowest BCUT2D eigenvalue weighted by atomic mass is 10.2. The van der Waals surface area contributed by atoms with Gasteiger partial charge in [-0.15, -0.1) is 11.3 Å². The van der Waals surface area contributed by atoms with Crippen molar-refractivity contribution < 1.29 is 14.3 Å². The molecule has 0 aliphatic heterocycles. The van der Waals surface area contributed by atoms with E-state index >= 15 is 0 Å². The third-order valence-corrected chi connectivity index (χ3v) is 3.68. The molecule has 0 aliphatic carbocycles. The van der Waals surface area contributed by atoms with Crippen LogP contribution in [0.5, 0.6) is 0 Å². The maximum absolute atomic E-state index is 13.6. The zero-order chi connectivity index (χ0) is 14.5. The molecule has 4 nitrogen and oxygen atoms in total. The van der Waals surface area contributed by atoms with Crippen molar-refractivity contribution >= 4 is 23.0 Å². The average Bonchev–Trinajstić information content (AvgIpc) is 2.84. The smallest absolute Gasteiger partial charge is 0.308 e. The highest BCUT2D eigenvalue weighted by Crippen LogP contribution is 2.20. The number of carboxylic acids is 1. The monoisotopic (exact) mass is 290 g/mol. The SMILES string of the molecule is N#Cc1ccc(NCc2ccc(CC(=O)O)s2)c(F)c1. The molecule has 1 aromatic heterocycles. The van der Waals surface area contributed by atoms with Crippen molar-refractivity contribution in [2.24, 2.45) is 0 Å². The summed E-state index contributed by atoms with van der Waals surface area (Å²) in [5, 5.41) is 20.3. The molecular weight excluding hydrogens is 279 g/mol. The number of carbonyl (C=O) groups is 1. The van der Waals surface area contributed by atoms with E-state index in [1.807, 2.05) is 12.1 Å². The molecule has 0 spiro atoms. The van der Waals surface area contributed by atoms with E-state index in [1.165, 1.54) is 29.5 Å². The lowest BCUT2D eigenvalue weighted by Gasteiger charge is -2.06. The van der Waals surface area contributed by atoms with Crippen molar-refractivity contribution in [3.05, 3.63) is 51.5 Å². The van der Waals surface area contributed by atoms with Gasteiger partial charge in [0, 0.05) is 16.3 Å². The van der Waals surface area contributed by atoms with E-state index in [0.29, 0.717) is 12.2 Å². The largest absolute Gasteiger partial charge is 0.481 e. The third kappa shape index (κ3) is 3.56. The van der Waals surface area contributed by atoms with Gasteiger partial charge in [-0.05, 0) is 30.3 Å². The van der Waals surface area contributed by atoms with Gasteiger partial charge in [0.1, 0.15) is 5.82 Å². The second kappa shape index (κ2) is 6.17. The third-order valence-electron chi connectivity index (χ3n) is 2.59. The zero-order valence-corrected chi connectivity index (χ0v) is 11.2. The zero-order valence-electron chi connectivity index (χ0n) is 10.4. The fourth-order valence-corrected chi connectivity index (χ4v) is 2.62. The molecule has 102 valence electrons. The second-order valence-electron chi connectivity index (χ2n) is 4.10. The van der Waals surface area contributed by atoms with Gasteiger partial charge in [-0.2, -0.15) is 5.26 Å². The summed E-state index contributed by atoms with van der Waals surface area (Å²) in [7, 11) is 0. The summed E-state index contributed by atoms with van der Waals surface area (Å²) in [5.41, 5.74) is 0.588. The number of rotatable bonds is 5. The van der Waals surface area contributed by atoms with Gasteiger partial charge < -0.3 is 10.4 Å². The quantitative estimate of drug-likeness (QED) is 0.887. The molecule has 0 unspecified atom stereocenters. The van der Waals surface area contributed by atoms with Gasteiger partial charge in [-0.25, -0.2) is 4.39 Å².